The van der Waals surface area contributed by atoms with E-state index in [1.54, 1.807) is 12.1 Å². The Bertz CT molecular complexity index is 552. The van der Waals surface area contributed by atoms with Crippen LogP contribution in [0.3, 0.4) is 0 Å². The van der Waals surface area contributed by atoms with Crippen molar-refractivity contribution in [3.63, 3.8) is 0 Å². The van der Waals surface area contributed by atoms with Crippen LogP contribution in [0.4, 0.5) is 5.69 Å². The highest BCUT2D eigenvalue weighted by Crippen LogP contribution is 2.30. The second kappa shape index (κ2) is 8.34. The van der Waals surface area contributed by atoms with Crippen LogP contribution in [0.2, 0.25) is 5.02 Å². The maximum Gasteiger partial charge on any atom is 0.227 e. The summed E-state index contributed by atoms with van der Waals surface area (Å²) in [4.78, 5) is 24.4. The standard InChI is InChI=1S/C18H25ClN2O2/c1-12(2)11-20-17(22)13-7-9-14(10-8-13)18(23)21-16-6-4-3-5-15(16)19/h3-6,12-14H,7-11H2,1-2H3,(H,20,22)(H,21,23). The molecule has 0 bridgehead atoms. The van der Waals surface area contributed by atoms with Crippen molar-refractivity contribution in [3.8, 4) is 0 Å². The number of halogens is 1. The molecule has 5 heteroatoms. The summed E-state index contributed by atoms with van der Waals surface area (Å²) in [5, 5.41) is 6.42. The molecule has 0 aliphatic heterocycles. The van der Waals surface area contributed by atoms with Crippen molar-refractivity contribution in [2.24, 2.45) is 17.8 Å². The molecule has 2 amide bonds. The van der Waals surface area contributed by atoms with Crippen molar-refractivity contribution >= 4 is 29.1 Å². The van der Waals surface area contributed by atoms with Gasteiger partial charge in [0.1, 0.15) is 0 Å². The van der Waals surface area contributed by atoms with E-state index in [4.69, 9.17) is 11.6 Å². The van der Waals surface area contributed by atoms with E-state index in [2.05, 4.69) is 24.5 Å². The summed E-state index contributed by atoms with van der Waals surface area (Å²) in [5.74, 6) is 0.582. The molecule has 2 rings (SSSR count). The molecule has 4 nitrogen and oxygen atoms in total. The van der Waals surface area contributed by atoms with Gasteiger partial charge >= 0.3 is 0 Å². The zero-order valence-electron chi connectivity index (χ0n) is 13.8. The van der Waals surface area contributed by atoms with Crippen molar-refractivity contribution in [3.05, 3.63) is 29.3 Å². The van der Waals surface area contributed by atoms with Crippen molar-refractivity contribution in [2.75, 3.05) is 11.9 Å². The van der Waals surface area contributed by atoms with Gasteiger partial charge in [0.15, 0.2) is 0 Å². The van der Waals surface area contributed by atoms with Crippen LogP contribution < -0.4 is 10.6 Å². The zero-order valence-corrected chi connectivity index (χ0v) is 14.5. The molecule has 1 aliphatic rings. The summed E-state index contributed by atoms with van der Waals surface area (Å²) >= 11 is 6.06. The summed E-state index contributed by atoms with van der Waals surface area (Å²) < 4.78 is 0. The molecule has 23 heavy (non-hydrogen) atoms. The lowest BCUT2D eigenvalue weighted by Gasteiger charge is -2.27. The molecule has 126 valence electrons. The Hall–Kier alpha value is -1.55. The molecule has 0 unspecified atom stereocenters. The number of anilines is 1. The molecule has 0 saturated heterocycles. The summed E-state index contributed by atoms with van der Waals surface area (Å²) in [7, 11) is 0. The number of carbonyl (C=O) groups is 2. The fourth-order valence-corrected chi connectivity index (χ4v) is 3.05. The highest BCUT2D eigenvalue weighted by Gasteiger charge is 2.30. The third-order valence-electron chi connectivity index (χ3n) is 4.29. The van der Waals surface area contributed by atoms with E-state index in [9.17, 15) is 9.59 Å². The Kier molecular flexibility index (Phi) is 6.46. The lowest BCUT2D eigenvalue weighted by Crippen LogP contribution is -2.37. The molecule has 1 aromatic rings. The van der Waals surface area contributed by atoms with Gasteiger partial charge in [-0.25, -0.2) is 0 Å². The van der Waals surface area contributed by atoms with Gasteiger partial charge < -0.3 is 10.6 Å². The molecule has 0 aromatic heterocycles. The monoisotopic (exact) mass is 336 g/mol. The number of hydrogen-bond donors (Lipinski definition) is 2. The number of rotatable bonds is 5. The predicted molar refractivity (Wildman–Crippen MR) is 93.4 cm³/mol. The molecule has 1 saturated carbocycles. The fraction of sp³-hybridized carbons (Fsp3) is 0.556. The first kappa shape index (κ1) is 17.8. The Labute approximate surface area is 143 Å². The van der Waals surface area contributed by atoms with Crippen molar-refractivity contribution < 1.29 is 9.59 Å². The first-order valence-electron chi connectivity index (χ1n) is 8.30. The Morgan fingerprint density at radius 3 is 2.22 bits per heavy atom. The average molecular weight is 337 g/mol. The number of nitrogens with one attached hydrogen (secondary N) is 2. The van der Waals surface area contributed by atoms with Crippen LogP contribution >= 0.6 is 11.6 Å². The van der Waals surface area contributed by atoms with Crippen LogP contribution in [0, 0.1) is 17.8 Å². The van der Waals surface area contributed by atoms with Gasteiger partial charge in [-0.15, -0.1) is 0 Å². The van der Waals surface area contributed by atoms with Crippen molar-refractivity contribution in [1.29, 1.82) is 0 Å². The molecule has 1 aromatic carbocycles. The van der Waals surface area contributed by atoms with E-state index in [1.165, 1.54) is 0 Å². The van der Waals surface area contributed by atoms with Gasteiger partial charge in [-0.2, -0.15) is 0 Å². The van der Waals surface area contributed by atoms with Crippen LogP contribution in [0.15, 0.2) is 24.3 Å². The van der Waals surface area contributed by atoms with E-state index in [0.29, 0.717) is 23.2 Å². The zero-order chi connectivity index (χ0) is 16.8. The summed E-state index contributed by atoms with van der Waals surface area (Å²) in [6.07, 6.45) is 3.03. The van der Waals surface area contributed by atoms with Gasteiger partial charge in [0.05, 0.1) is 10.7 Å². The number of amides is 2. The van der Waals surface area contributed by atoms with Gasteiger partial charge in [0.2, 0.25) is 11.8 Å². The smallest absolute Gasteiger partial charge is 0.227 e. The molecule has 0 atom stereocenters. The molecule has 2 N–H and O–H groups in total. The first-order valence-corrected chi connectivity index (χ1v) is 8.68. The number of hydrogen-bond acceptors (Lipinski definition) is 2. The molecular weight excluding hydrogens is 312 g/mol. The van der Waals surface area contributed by atoms with E-state index in [0.717, 1.165) is 25.7 Å². The third-order valence-corrected chi connectivity index (χ3v) is 4.61. The number of para-hydroxylation sites is 1. The highest BCUT2D eigenvalue weighted by molar-refractivity contribution is 6.33. The summed E-state index contributed by atoms with van der Waals surface area (Å²) in [5.41, 5.74) is 0.649. The van der Waals surface area contributed by atoms with Gasteiger partial charge in [-0.1, -0.05) is 37.6 Å². The summed E-state index contributed by atoms with van der Waals surface area (Å²) in [6, 6.07) is 7.23. The minimum Gasteiger partial charge on any atom is -0.356 e. The SMILES string of the molecule is CC(C)CNC(=O)C1CCC(C(=O)Nc2ccccc2Cl)CC1. The van der Waals surface area contributed by atoms with Crippen molar-refractivity contribution in [2.45, 2.75) is 39.5 Å². The maximum absolute atomic E-state index is 12.3. The highest BCUT2D eigenvalue weighted by atomic mass is 35.5. The Balaban J connectivity index is 1.81. The van der Waals surface area contributed by atoms with E-state index in [-0.39, 0.29) is 23.7 Å². The van der Waals surface area contributed by atoms with Crippen LogP contribution in [0.5, 0.6) is 0 Å². The van der Waals surface area contributed by atoms with Crippen molar-refractivity contribution in [1.82, 2.24) is 5.32 Å². The molecule has 1 aliphatic carbocycles. The molecule has 0 radical (unpaired) electrons. The lowest BCUT2D eigenvalue weighted by molar-refractivity contribution is -0.128. The number of carbonyl (C=O) groups excluding carboxylic acids is 2. The second-order valence-electron chi connectivity index (χ2n) is 6.66. The van der Waals surface area contributed by atoms with Crippen LogP contribution in [-0.2, 0) is 9.59 Å². The molecular formula is C18H25ClN2O2. The predicted octanol–water partition coefficient (Wildman–Crippen LogP) is 3.86. The normalized spacial score (nSPS) is 21.0. The minimum atomic E-state index is -0.0413. The van der Waals surface area contributed by atoms with Gasteiger partial charge in [-0.3, -0.25) is 9.59 Å². The van der Waals surface area contributed by atoms with E-state index in [1.807, 2.05) is 12.1 Å². The fourth-order valence-electron chi connectivity index (χ4n) is 2.86. The second-order valence-corrected chi connectivity index (χ2v) is 7.06. The molecule has 0 heterocycles. The Morgan fingerprint density at radius 2 is 1.65 bits per heavy atom. The van der Waals surface area contributed by atoms with Crippen LogP contribution in [0.25, 0.3) is 0 Å². The lowest BCUT2D eigenvalue weighted by atomic mass is 9.81. The Morgan fingerprint density at radius 1 is 1.09 bits per heavy atom. The minimum absolute atomic E-state index is 0.000798. The van der Waals surface area contributed by atoms with E-state index < -0.39 is 0 Å². The number of benzene rings is 1. The van der Waals surface area contributed by atoms with Crippen LogP contribution in [0.1, 0.15) is 39.5 Å². The van der Waals surface area contributed by atoms with Crippen LogP contribution in [-0.4, -0.2) is 18.4 Å². The first-order chi connectivity index (χ1) is 11.0. The average Bonchev–Trinajstić information content (AvgIpc) is 2.54. The topological polar surface area (TPSA) is 58.2 Å². The summed E-state index contributed by atoms with van der Waals surface area (Å²) in [6.45, 7) is 4.87. The molecule has 0 spiro atoms. The third kappa shape index (κ3) is 5.24. The quantitative estimate of drug-likeness (QED) is 0.857. The molecule has 1 fully saturated rings. The van der Waals surface area contributed by atoms with E-state index >= 15 is 0 Å². The maximum atomic E-state index is 12.3. The van der Waals surface area contributed by atoms with Gasteiger partial charge in [0.25, 0.3) is 0 Å². The van der Waals surface area contributed by atoms with Gasteiger partial charge in [-0.05, 0) is 43.7 Å². The largest absolute Gasteiger partial charge is 0.356 e. The van der Waals surface area contributed by atoms with Gasteiger partial charge in [0, 0.05) is 18.4 Å².